The minimum Gasteiger partial charge on any atom is -0.508 e. The highest BCUT2D eigenvalue weighted by atomic mass is 35.5. The molecule has 0 aliphatic carbocycles. The molecule has 0 aromatic heterocycles. The molecule has 2 rings (SSSR count). The smallest absolute Gasteiger partial charge is 0.256 e. The van der Waals surface area contributed by atoms with Crippen molar-refractivity contribution in [1.29, 1.82) is 0 Å². The fraction of sp³-hybridized carbons (Fsp3) is 0.500. The minimum absolute atomic E-state index is 0. The molecule has 0 spiro atoms. The molecular formula is C16H25ClN4O3. The van der Waals surface area contributed by atoms with E-state index in [2.05, 4.69) is 4.90 Å². The van der Waals surface area contributed by atoms with Crippen LogP contribution in [0.1, 0.15) is 16.8 Å². The third kappa shape index (κ3) is 5.01. The van der Waals surface area contributed by atoms with Crippen LogP contribution in [0.25, 0.3) is 0 Å². The maximum atomic E-state index is 12.6. The van der Waals surface area contributed by atoms with E-state index >= 15 is 0 Å². The highest BCUT2D eigenvalue weighted by molar-refractivity contribution is 5.99. The van der Waals surface area contributed by atoms with Crippen LogP contribution in [0.15, 0.2) is 18.2 Å². The second kappa shape index (κ2) is 8.75. The predicted molar refractivity (Wildman–Crippen MR) is 95.4 cm³/mol. The van der Waals surface area contributed by atoms with Crippen LogP contribution in [0.2, 0.25) is 0 Å². The number of anilines is 1. The molecule has 0 saturated carbocycles. The Morgan fingerprint density at radius 3 is 2.58 bits per heavy atom. The largest absolute Gasteiger partial charge is 0.508 e. The molecule has 0 atom stereocenters. The summed E-state index contributed by atoms with van der Waals surface area (Å²) in [5.74, 6) is -0.100. The molecule has 1 aliphatic heterocycles. The molecule has 3 N–H and O–H groups in total. The average molecular weight is 357 g/mol. The molecule has 8 heteroatoms. The van der Waals surface area contributed by atoms with Crippen LogP contribution in [0, 0.1) is 0 Å². The Labute approximate surface area is 148 Å². The number of halogens is 1. The Morgan fingerprint density at radius 1 is 1.21 bits per heavy atom. The summed E-state index contributed by atoms with van der Waals surface area (Å²) < 4.78 is 0. The number of nitrogens with zero attached hydrogens (tertiary/aromatic N) is 3. The molecular weight excluding hydrogens is 332 g/mol. The topological polar surface area (TPSA) is 90.1 Å². The molecule has 0 bridgehead atoms. The molecule has 0 unspecified atom stereocenters. The van der Waals surface area contributed by atoms with Gasteiger partial charge in [0.05, 0.1) is 12.1 Å². The minimum atomic E-state index is -0.181. The van der Waals surface area contributed by atoms with E-state index in [1.165, 1.54) is 18.2 Å². The van der Waals surface area contributed by atoms with Gasteiger partial charge in [-0.05, 0) is 24.6 Å². The van der Waals surface area contributed by atoms with Gasteiger partial charge in [-0.25, -0.2) is 0 Å². The van der Waals surface area contributed by atoms with E-state index < -0.39 is 0 Å². The van der Waals surface area contributed by atoms with Crippen molar-refractivity contribution in [2.24, 2.45) is 0 Å². The summed E-state index contributed by atoms with van der Waals surface area (Å²) in [5, 5.41) is 9.56. The number of nitrogen functional groups attached to an aromatic ring is 1. The first kappa shape index (κ1) is 20.1. The fourth-order valence-electron chi connectivity index (χ4n) is 2.56. The summed E-state index contributed by atoms with van der Waals surface area (Å²) in [5.41, 5.74) is 6.52. The van der Waals surface area contributed by atoms with E-state index in [1.54, 1.807) is 23.9 Å². The zero-order chi connectivity index (χ0) is 17.0. The lowest BCUT2D eigenvalue weighted by atomic mass is 10.1. The quantitative estimate of drug-likeness (QED) is 0.612. The molecule has 7 nitrogen and oxygen atoms in total. The van der Waals surface area contributed by atoms with Gasteiger partial charge in [0, 0.05) is 46.0 Å². The molecule has 1 saturated heterocycles. The molecule has 1 aliphatic rings. The number of nitrogens with two attached hydrogens (primary N) is 1. The number of phenolic OH excluding ortho intramolecular Hbond substituents is 1. The van der Waals surface area contributed by atoms with Crippen LogP contribution in [0.5, 0.6) is 5.75 Å². The van der Waals surface area contributed by atoms with E-state index in [-0.39, 0.29) is 30.0 Å². The van der Waals surface area contributed by atoms with Crippen LogP contribution >= 0.6 is 12.4 Å². The van der Waals surface area contributed by atoms with Crippen molar-refractivity contribution in [3.63, 3.8) is 0 Å². The number of phenols is 1. The Kier molecular flexibility index (Phi) is 7.31. The van der Waals surface area contributed by atoms with Crippen molar-refractivity contribution in [3.8, 4) is 5.75 Å². The van der Waals surface area contributed by atoms with Crippen molar-refractivity contribution in [3.05, 3.63) is 23.8 Å². The lowest BCUT2D eigenvalue weighted by molar-refractivity contribution is -0.129. The van der Waals surface area contributed by atoms with Crippen molar-refractivity contribution in [2.75, 3.05) is 52.6 Å². The number of hydrogen-bond donors (Lipinski definition) is 2. The Morgan fingerprint density at radius 2 is 1.92 bits per heavy atom. The van der Waals surface area contributed by atoms with Gasteiger partial charge >= 0.3 is 0 Å². The number of benzene rings is 1. The van der Waals surface area contributed by atoms with Gasteiger partial charge in [0.1, 0.15) is 5.75 Å². The van der Waals surface area contributed by atoms with E-state index in [9.17, 15) is 14.7 Å². The van der Waals surface area contributed by atoms with Crippen LogP contribution in [-0.2, 0) is 4.79 Å². The van der Waals surface area contributed by atoms with Crippen LogP contribution in [0.4, 0.5) is 5.69 Å². The Bertz CT molecular complexity index is 595. The van der Waals surface area contributed by atoms with Crippen molar-refractivity contribution < 1.29 is 14.7 Å². The third-order valence-electron chi connectivity index (χ3n) is 4.00. The Hall–Kier alpha value is -1.99. The van der Waals surface area contributed by atoms with Crippen molar-refractivity contribution in [2.45, 2.75) is 6.42 Å². The SMILES string of the molecule is CN(C)C(=O)CN1CCCN(C(=O)c2cc(O)ccc2N)CC1.Cl. The summed E-state index contributed by atoms with van der Waals surface area (Å²) in [6, 6.07) is 4.39. The third-order valence-corrected chi connectivity index (χ3v) is 4.00. The molecule has 0 radical (unpaired) electrons. The predicted octanol–water partition coefficient (Wildman–Crippen LogP) is 0.632. The number of carbonyl (C=O) groups is 2. The number of hydrogen-bond acceptors (Lipinski definition) is 5. The molecule has 134 valence electrons. The zero-order valence-corrected chi connectivity index (χ0v) is 14.9. The standard InChI is InChI=1S/C16H24N4O3.ClH/c1-18(2)15(22)11-19-6-3-7-20(9-8-19)16(23)13-10-12(21)4-5-14(13)17;/h4-5,10,21H,3,6-9,11,17H2,1-2H3;1H. The van der Waals surface area contributed by atoms with Gasteiger partial charge in [0.2, 0.25) is 5.91 Å². The first-order chi connectivity index (χ1) is 10.9. The number of aromatic hydroxyl groups is 1. The lowest BCUT2D eigenvalue weighted by Crippen LogP contribution is -2.39. The van der Waals surface area contributed by atoms with E-state index in [1.807, 2.05) is 0 Å². The zero-order valence-electron chi connectivity index (χ0n) is 14.1. The van der Waals surface area contributed by atoms with E-state index in [4.69, 9.17) is 5.73 Å². The summed E-state index contributed by atoms with van der Waals surface area (Å²) in [7, 11) is 3.47. The van der Waals surface area contributed by atoms with Crippen LogP contribution in [-0.4, -0.2) is 78.4 Å². The molecule has 1 aromatic carbocycles. The maximum Gasteiger partial charge on any atom is 0.256 e. The van der Waals surface area contributed by atoms with Gasteiger partial charge in [-0.3, -0.25) is 14.5 Å². The molecule has 24 heavy (non-hydrogen) atoms. The highest BCUT2D eigenvalue weighted by Gasteiger charge is 2.23. The number of rotatable bonds is 3. The van der Waals surface area contributed by atoms with Crippen molar-refractivity contribution in [1.82, 2.24) is 14.7 Å². The normalized spacial score (nSPS) is 15.3. The molecule has 1 aromatic rings. The summed E-state index contributed by atoms with van der Waals surface area (Å²) in [6.07, 6.45) is 0.797. The van der Waals surface area contributed by atoms with Gasteiger partial charge in [-0.2, -0.15) is 0 Å². The van der Waals surface area contributed by atoms with Gasteiger partial charge in [-0.15, -0.1) is 12.4 Å². The summed E-state index contributed by atoms with van der Waals surface area (Å²) >= 11 is 0. The number of amides is 2. The number of likely N-dealkylation sites (N-methyl/N-ethyl adjacent to an activating group) is 1. The maximum absolute atomic E-state index is 12.6. The first-order valence-electron chi connectivity index (χ1n) is 7.68. The Balaban J connectivity index is 0.00000288. The second-order valence-corrected chi connectivity index (χ2v) is 5.98. The molecule has 1 heterocycles. The fourth-order valence-corrected chi connectivity index (χ4v) is 2.56. The average Bonchev–Trinajstić information content (AvgIpc) is 2.74. The highest BCUT2D eigenvalue weighted by Crippen LogP contribution is 2.20. The van der Waals surface area contributed by atoms with Crippen LogP contribution in [0.3, 0.4) is 0 Å². The van der Waals surface area contributed by atoms with E-state index in [0.29, 0.717) is 37.4 Å². The van der Waals surface area contributed by atoms with Gasteiger partial charge in [0.15, 0.2) is 0 Å². The monoisotopic (exact) mass is 356 g/mol. The van der Waals surface area contributed by atoms with Crippen molar-refractivity contribution >= 4 is 29.9 Å². The van der Waals surface area contributed by atoms with Gasteiger partial charge in [-0.1, -0.05) is 0 Å². The molecule has 1 fully saturated rings. The molecule has 2 amide bonds. The lowest BCUT2D eigenvalue weighted by Gasteiger charge is -2.23. The first-order valence-corrected chi connectivity index (χ1v) is 7.68. The summed E-state index contributed by atoms with van der Waals surface area (Å²) in [4.78, 5) is 29.8. The summed E-state index contributed by atoms with van der Waals surface area (Å²) in [6.45, 7) is 2.93. The van der Waals surface area contributed by atoms with E-state index in [0.717, 1.165) is 13.0 Å². The van der Waals surface area contributed by atoms with Gasteiger partial charge < -0.3 is 20.6 Å². The van der Waals surface area contributed by atoms with Crippen LogP contribution < -0.4 is 5.73 Å². The second-order valence-electron chi connectivity index (χ2n) is 5.98. The van der Waals surface area contributed by atoms with Gasteiger partial charge in [0.25, 0.3) is 5.91 Å². The number of carbonyl (C=O) groups excluding carboxylic acids is 2.